The predicted octanol–water partition coefficient (Wildman–Crippen LogP) is 2.04. The molecule has 1 aromatic heterocycles. The Labute approximate surface area is 102 Å². The minimum absolute atomic E-state index is 0.0635. The lowest BCUT2D eigenvalue weighted by Crippen LogP contribution is -2.36. The van der Waals surface area contributed by atoms with Gasteiger partial charge in [0.2, 0.25) is 0 Å². The molecule has 1 aromatic rings. The summed E-state index contributed by atoms with van der Waals surface area (Å²) in [7, 11) is 1.83. The zero-order valence-electron chi connectivity index (χ0n) is 10.4. The number of nitrogens with zero attached hydrogens (tertiary/aromatic N) is 1. The first kappa shape index (κ1) is 11.9. The molecular weight excluding hydrogens is 214 g/mol. The fraction of sp³-hybridized carbons (Fsp3) is 0.538. The SMILES string of the molecule is CNc1ccc(C(=O)NC2CCCC2C)nc1. The lowest BCUT2D eigenvalue weighted by molar-refractivity contribution is 0.0924. The van der Waals surface area contributed by atoms with Crippen LogP contribution in [0, 0.1) is 5.92 Å². The molecule has 0 spiro atoms. The molecule has 1 heterocycles. The lowest BCUT2D eigenvalue weighted by Gasteiger charge is -2.16. The van der Waals surface area contributed by atoms with Gasteiger partial charge in [-0.15, -0.1) is 0 Å². The molecule has 2 rings (SSSR count). The van der Waals surface area contributed by atoms with Gasteiger partial charge in [-0.2, -0.15) is 0 Å². The molecule has 1 aliphatic rings. The van der Waals surface area contributed by atoms with Crippen LogP contribution in [0.25, 0.3) is 0 Å². The van der Waals surface area contributed by atoms with Crippen molar-refractivity contribution in [3.63, 3.8) is 0 Å². The van der Waals surface area contributed by atoms with Crippen molar-refractivity contribution in [2.24, 2.45) is 5.92 Å². The Morgan fingerprint density at radius 3 is 2.76 bits per heavy atom. The zero-order valence-corrected chi connectivity index (χ0v) is 10.4. The maximum Gasteiger partial charge on any atom is 0.270 e. The number of rotatable bonds is 3. The van der Waals surface area contributed by atoms with Gasteiger partial charge in [-0.3, -0.25) is 4.79 Å². The monoisotopic (exact) mass is 233 g/mol. The van der Waals surface area contributed by atoms with Gasteiger partial charge in [-0.1, -0.05) is 13.3 Å². The number of nitrogens with one attached hydrogen (secondary N) is 2. The summed E-state index contributed by atoms with van der Waals surface area (Å²) in [5, 5.41) is 6.04. The fourth-order valence-corrected chi connectivity index (χ4v) is 2.28. The highest BCUT2D eigenvalue weighted by Crippen LogP contribution is 2.24. The summed E-state index contributed by atoms with van der Waals surface area (Å²) in [5.41, 5.74) is 1.40. The Morgan fingerprint density at radius 1 is 1.41 bits per heavy atom. The van der Waals surface area contributed by atoms with Crippen LogP contribution in [-0.2, 0) is 0 Å². The van der Waals surface area contributed by atoms with E-state index in [2.05, 4.69) is 22.5 Å². The van der Waals surface area contributed by atoms with Crippen molar-refractivity contribution in [1.29, 1.82) is 0 Å². The van der Waals surface area contributed by atoms with Crippen molar-refractivity contribution in [2.75, 3.05) is 12.4 Å². The highest BCUT2D eigenvalue weighted by atomic mass is 16.1. The standard InChI is InChI=1S/C13H19N3O/c1-9-4-3-5-11(9)16-13(17)12-7-6-10(14-2)8-15-12/h6-9,11,14H,3-5H2,1-2H3,(H,16,17). The average Bonchev–Trinajstić information content (AvgIpc) is 2.75. The second-order valence-electron chi connectivity index (χ2n) is 4.67. The van der Waals surface area contributed by atoms with Crippen LogP contribution in [0.3, 0.4) is 0 Å². The van der Waals surface area contributed by atoms with Gasteiger partial charge < -0.3 is 10.6 Å². The van der Waals surface area contributed by atoms with E-state index in [-0.39, 0.29) is 5.91 Å². The summed E-state index contributed by atoms with van der Waals surface area (Å²) in [6.45, 7) is 2.19. The number of carbonyl (C=O) groups is 1. The van der Waals surface area contributed by atoms with Crippen LogP contribution in [0.15, 0.2) is 18.3 Å². The van der Waals surface area contributed by atoms with E-state index < -0.39 is 0 Å². The molecule has 1 aliphatic carbocycles. The van der Waals surface area contributed by atoms with Crippen LogP contribution in [0.5, 0.6) is 0 Å². The number of hydrogen-bond donors (Lipinski definition) is 2. The van der Waals surface area contributed by atoms with E-state index in [0.717, 1.165) is 12.1 Å². The average molecular weight is 233 g/mol. The first-order valence-electron chi connectivity index (χ1n) is 6.15. The summed E-state index contributed by atoms with van der Waals surface area (Å²) in [6.07, 6.45) is 5.17. The number of hydrogen-bond acceptors (Lipinski definition) is 3. The quantitative estimate of drug-likeness (QED) is 0.840. The second kappa shape index (κ2) is 5.17. The molecule has 1 fully saturated rings. The number of pyridine rings is 1. The van der Waals surface area contributed by atoms with E-state index in [1.54, 1.807) is 12.3 Å². The van der Waals surface area contributed by atoms with Crippen molar-refractivity contribution in [3.8, 4) is 0 Å². The highest BCUT2D eigenvalue weighted by molar-refractivity contribution is 5.92. The van der Waals surface area contributed by atoms with Crippen LogP contribution >= 0.6 is 0 Å². The molecule has 1 amide bonds. The van der Waals surface area contributed by atoms with Crippen molar-refractivity contribution in [2.45, 2.75) is 32.2 Å². The molecule has 2 unspecified atom stereocenters. The first-order valence-corrected chi connectivity index (χ1v) is 6.15. The minimum atomic E-state index is -0.0635. The number of aromatic nitrogens is 1. The molecular formula is C13H19N3O. The molecule has 1 saturated carbocycles. The summed E-state index contributed by atoms with van der Waals surface area (Å²) in [4.78, 5) is 16.1. The third-order valence-corrected chi connectivity index (χ3v) is 3.46. The van der Waals surface area contributed by atoms with Gasteiger partial charge >= 0.3 is 0 Å². The van der Waals surface area contributed by atoms with Gasteiger partial charge in [0.05, 0.1) is 11.9 Å². The summed E-state index contributed by atoms with van der Waals surface area (Å²) >= 11 is 0. The van der Waals surface area contributed by atoms with Crippen molar-refractivity contribution >= 4 is 11.6 Å². The molecule has 92 valence electrons. The minimum Gasteiger partial charge on any atom is -0.387 e. The fourth-order valence-electron chi connectivity index (χ4n) is 2.28. The van der Waals surface area contributed by atoms with Gasteiger partial charge in [0.1, 0.15) is 5.69 Å². The lowest BCUT2D eigenvalue weighted by atomic mass is 10.1. The Balaban J connectivity index is 1.99. The van der Waals surface area contributed by atoms with Gasteiger partial charge in [0.25, 0.3) is 5.91 Å². The van der Waals surface area contributed by atoms with Crippen molar-refractivity contribution < 1.29 is 4.79 Å². The molecule has 4 nitrogen and oxygen atoms in total. The normalized spacial score (nSPS) is 23.4. The first-order chi connectivity index (χ1) is 8.20. The maximum absolute atomic E-state index is 12.0. The third kappa shape index (κ3) is 2.75. The Morgan fingerprint density at radius 2 is 2.24 bits per heavy atom. The van der Waals surface area contributed by atoms with E-state index in [1.807, 2.05) is 13.1 Å². The van der Waals surface area contributed by atoms with Gasteiger partial charge in [0.15, 0.2) is 0 Å². The predicted molar refractivity (Wildman–Crippen MR) is 68.1 cm³/mol. The van der Waals surface area contributed by atoms with E-state index >= 15 is 0 Å². The second-order valence-corrected chi connectivity index (χ2v) is 4.67. The van der Waals surface area contributed by atoms with Crippen LogP contribution in [-0.4, -0.2) is 24.0 Å². The zero-order chi connectivity index (χ0) is 12.3. The summed E-state index contributed by atoms with van der Waals surface area (Å²) in [5.74, 6) is 0.516. The highest BCUT2D eigenvalue weighted by Gasteiger charge is 2.25. The third-order valence-electron chi connectivity index (χ3n) is 3.46. The van der Waals surface area contributed by atoms with Crippen LogP contribution in [0.1, 0.15) is 36.7 Å². The Bertz CT molecular complexity index is 388. The molecule has 0 bridgehead atoms. The van der Waals surface area contributed by atoms with Crippen LogP contribution in [0.2, 0.25) is 0 Å². The Hall–Kier alpha value is -1.58. The van der Waals surface area contributed by atoms with Crippen LogP contribution in [0.4, 0.5) is 5.69 Å². The topological polar surface area (TPSA) is 54.0 Å². The van der Waals surface area contributed by atoms with Gasteiger partial charge in [-0.05, 0) is 30.9 Å². The smallest absolute Gasteiger partial charge is 0.270 e. The van der Waals surface area contributed by atoms with E-state index in [9.17, 15) is 4.79 Å². The molecule has 17 heavy (non-hydrogen) atoms. The van der Waals surface area contributed by atoms with Gasteiger partial charge in [0, 0.05) is 13.1 Å². The van der Waals surface area contributed by atoms with E-state index in [4.69, 9.17) is 0 Å². The number of anilines is 1. The number of amides is 1. The summed E-state index contributed by atoms with van der Waals surface area (Å²) < 4.78 is 0. The molecule has 2 atom stereocenters. The Kier molecular flexibility index (Phi) is 3.61. The molecule has 4 heteroatoms. The van der Waals surface area contributed by atoms with E-state index in [0.29, 0.717) is 17.7 Å². The maximum atomic E-state index is 12.0. The van der Waals surface area contributed by atoms with Crippen molar-refractivity contribution in [3.05, 3.63) is 24.0 Å². The molecule has 2 N–H and O–H groups in total. The molecule has 0 radical (unpaired) electrons. The number of carbonyl (C=O) groups excluding carboxylic acids is 1. The van der Waals surface area contributed by atoms with Crippen molar-refractivity contribution in [1.82, 2.24) is 10.3 Å². The largest absolute Gasteiger partial charge is 0.387 e. The summed E-state index contributed by atoms with van der Waals surface area (Å²) in [6, 6.07) is 3.93. The van der Waals surface area contributed by atoms with Gasteiger partial charge in [-0.25, -0.2) is 4.98 Å². The molecule has 0 aliphatic heterocycles. The molecule has 0 saturated heterocycles. The van der Waals surface area contributed by atoms with Crippen LogP contribution < -0.4 is 10.6 Å². The molecule has 0 aromatic carbocycles. The van der Waals surface area contributed by atoms with E-state index in [1.165, 1.54) is 12.8 Å².